The number of nitrogens with one attached hydrogen (secondary N) is 2. The number of hydrogen-bond acceptors (Lipinski definition) is 6. The molecule has 1 aliphatic rings. The first-order valence-electron chi connectivity index (χ1n) is 9.56. The summed E-state index contributed by atoms with van der Waals surface area (Å²) in [6, 6.07) is 14.1. The van der Waals surface area contributed by atoms with Gasteiger partial charge in [-0.25, -0.2) is 0 Å². The Morgan fingerprint density at radius 3 is 2.14 bits per heavy atom. The average Bonchev–Trinajstić information content (AvgIpc) is 2.69. The van der Waals surface area contributed by atoms with Crippen LogP contribution in [0.25, 0.3) is 0 Å². The molecule has 0 unspecified atom stereocenters. The Balaban J connectivity index is 0.000000370. The number of amides is 1. The van der Waals surface area contributed by atoms with E-state index < -0.39 is 0 Å². The van der Waals surface area contributed by atoms with E-state index >= 15 is 0 Å². The monoisotopic (exact) mass is 399 g/mol. The lowest BCUT2D eigenvalue weighted by Crippen LogP contribution is -2.43. The first kappa shape index (κ1) is 22.2. The summed E-state index contributed by atoms with van der Waals surface area (Å²) in [4.78, 5) is 24.0. The van der Waals surface area contributed by atoms with E-state index in [9.17, 15) is 14.7 Å². The van der Waals surface area contributed by atoms with Crippen LogP contribution in [0.2, 0.25) is 0 Å². The molecule has 1 heterocycles. The summed E-state index contributed by atoms with van der Waals surface area (Å²) in [5.74, 6) is -0.0353. The van der Waals surface area contributed by atoms with Crippen LogP contribution in [0.5, 0.6) is 5.75 Å². The standard InChI is InChI=1S/C17H19N3O2.C5H10O2/c21-16-7-1-13(2-8-16)17(22)19-14-3-5-15(6-4-14)20-11-9-18-10-12-20;1-5(2,3)7-4-6/h1-8,18,21H,9-12H2,(H,19,22);4H,1-3H3. The molecule has 0 atom stereocenters. The number of benzene rings is 2. The molecule has 2 aromatic rings. The second kappa shape index (κ2) is 10.5. The highest BCUT2D eigenvalue weighted by Gasteiger charge is 2.11. The molecule has 0 radical (unpaired) electrons. The lowest BCUT2D eigenvalue weighted by atomic mass is 10.2. The predicted octanol–water partition coefficient (Wildman–Crippen LogP) is 3.01. The van der Waals surface area contributed by atoms with E-state index in [0.717, 1.165) is 31.9 Å². The highest BCUT2D eigenvalue weighted by molar-refractivity contribution is 6.04. The van der Waals surface area contributed by atoms with Crippen molar-refractivity contribution >= 4 is 23.8 Å². The minimum absolute atomic E-state index is 0.150. The number of phenolic OH excluding ortho intramolecular Hbond substituents is 1. The van der Waals surface area contributed by atoms with Crippen molar-refractivity contribution in [2.24, 2.45) is 0 Å². The zero-order valence-electron chi connectivity index (χ0n) is 17.1. The van der Waals surface area contributed by atoms with Gasteiger partial charge in [-0.1, -0.05) is 0 Å². The molecule has 0 spiro atoms. The molecule has 1 fully saturated rings. The molecule has 0 bridgehead atoms. The number of rotatable bonds is 4. The molecule has 0 aliphatic carbocycles. The number of phenols is 1. The third-order valence-corrected chi connectivity index (χ3v) is 4.14. The van der Waals surface area contributed by atoms with Crippen molar-refractivity contribution in [2.75, 3.05) is 36.4 Å². The fourth-order valence-electron chi connectivity index (χ4n) is 2.64. The molecule has 7 heteroatoms. The topological polar surface area (TPSA) is 90.9 Å². The van der Waals surface area contributed by atoms with Crippen LogP contribution in [0, 0.1) is 0 Å². The molecule has 3 rings (SSSR count). The van der Waals surface area contributed by atoms with E-state index in [-0.39, 0.29) is 17.3 Å². The molecule has 29 heavy (non-hydrogen) atoms. The highest BCUT2D eigenvalue weighted by atomic mass is 16.5. The summed E-state index contributed by atoms with van der Waals surface area (Å²) in [6.07, 6.45) is 0. The Hall–Kier alpha value is -3.06. The van der Waals surface area contributed by atoms with Crippen molar-refractivity contribution in [2.45, 2.75) is 26.4 Å². The van der Waals surface area contributed by atoms with Crippen molar-refractivity contribution in [3.8, 4) is 5.75 Å². The van der Waals surface area contributed by atoms with Crippen LogP contribution in [0.4, 0.5) is 11.4 Å². The fraction of sp³-hybridized carbons (Fsp3) is 0.364. The molecule has 156 valence electrons. The van der Waals surface area contributed by atoms with Crippen LogP contribution in [0.15, 0.2) is 48.5 Å². The van der Waals surface area contributed by atoms with Gasteiger partial charge in [0, 0.05) is 43.1 Å². The van der Waals surface area contributed by atoms with Crippen LogP contribution in [-0.2, 0) is 9.53 Å². The zero-order chi connectivity index (χ0) is 21.3. The average molecular weight is 399 g/mol. The van der Waals surface area contributed by atoms with Gasteiger partial charge in [0.05, 0.1) is 0 Å². The van der Waals surface area contributed by atoms with Gasteiger partial charge in [0.15, 0.2) is 0 Å². The number of hydrogen-bond donors (Lipinski definition) is 3. The summed E-state index contributed by atoms with van der Waals surface area (Å²) in [7, 11) is 0. The minimum Gasteiger partial charge on any atom is -0.508 e. The summed E-state index contributed by atoms with van der Waals surface area (Å²) in [6.45, 7) is 9.92. The van der Waals surface area contributed by atoms with Crippen LogP contribution in [0.3, 0.4) is 0 Å². The van der Waals surface area contributed by atoms with Crippen molar-refractivity contribution in [1.82, 2.24) is 5.32 Å². The SMILES string of the molecule is CC(C)(C)OC=O.O=C(Nc1ccc(N2CCNCC2)cc1)c1ccc(O)cc1. The van der Waals surface area contributed by atoms with Gasteiger partial charge in [-0.05, 0) is 69.3 Å². The van der Waals surface area contributed by atoms with Crippen molar-refractivity contribution in [1.29, 1.82) is 0 Å². The molecule has 3 N–H and O–H groups in total. The molecule has 0 saturated carbocycles. The third kappa shape index (κ3) is 7.83. The van der Waals surface area contributed by atoms with E-state index in [2.05, 4.69) is 20.3 Å². The predicted molar refractivity (Wildman–Crippen MR) is 114 cm³/mol. The normalized spacial score (nSPS) is 13.7. The van der Waals surface area contributed by atoms with Crippen molar-refractivity contribution in [3.63, 3.8) is 0 Å². The molecule has 0 aromatic heterocycles. The Bertz CT molecular complexity index is 777. The van der Waals surface area contributed by atoms with Gasteiger partial charge in [-0.3, -0.25) is 9.59 Å². The largest absolute Gasteiger partial charge is 0.508 e. The maximum Gasteiger partial charge on any atom is 0.293 e. The second-order valence-corrected chi connectivity index (χ2v) is 7.61. The Morgan fingerprint density at radius 2 is 1.66 bits per heavy atom. The van der Waals surface area contributed by atoms with Gasteiger partial charge in [0.2, 0.25) is 0 Å². The van der Waals surface area contributed by atoms with Crippen LogP contribution >= 0.6 is 0 Å². The molecule has 1 aliphatic heterocycles. The maximum atomic E-state index is 12.1. The number of aromatic hydroxyl groups is 1. The fourth-order valence-corrected chi connectivity index (χ4v) is 2.64. The number of piperazine rings is 1. The molecule has 1 saturated heterocycles. The number of carbonyl (C=O) groups excluding carboxylic acids is 2. The third-order valence-electron chi connectivity index (χ3n) is 4.14. The number of carbonyl (C=O) groups is 2. The van der Waals surface area contributed by atoms with Crippen LogP contribution in [-0.4, -0.2) is 49.3 Å². The van der Waals surface area contributed by atoms with Gasteiger partial charge < -0.3 is 25.4 Å². The first-order chi connectivity index (χ1) is 13.8. The van der Waals surface area contributed by atoms with Gasteiger partial charge in [-0.2, -0.15) is 0 Å². The Morgan fingerprint density at radius 1 is 1.07 bits per heavy atom. The molecular weight excluding hydrogens is 370 g/mol. The van der Waals surface area contributed by atoms with Gasteiger partial charge in [0.1, 0.15) is 11.4 Å². The number of anilines is 2. The lowest BCUT2D eigenvalue weighted by Gasteiger charge is -2.29. The molecule has 1 amide bonds. The quantitative estimate of drug-likeness (QED) is 0.685. The Labute approximate surface area is 171 Å². The summed E-state index contributed by atoms with van der Waals surface area (Å²) < 4.78 is 4.55. The van der Waals surface area contributed by atoms with E-state index in [1.807, 2.05) is 45.0 Å². The van der Waals surface area contributed by atoms with Crippen LogP contribution in [0.1, 0.15) is 31.1 Å². The summed E-state index contributed by atoms with van der Waals surface area (Å²) in [5, 5.41) is 15.4. The molecule has 2 aromatic carbocycles. The minimum atomic E-state index is -0.318. The van der Waals surface area contributed by atoms with Gasteiger partial charge in [0.25, 0.3) is 12.4 Å². The number of ether oxygens (including phenoxy) is 1. The summed E-state index contributed by atoms with van der Waals surface area (Å²) >= 11 is 0. The first-order valence-corrected chi connectivity index (χ1v) is 9.56. The van der Waals surface area contributed by atoms with Crippen molar-refractivity contribution in [3.05, 3.63) is 54.1 Å². The van der Waals surface area contributed by atoms with E-state index in [1.165, 1.54) is 17.8 Å². The lowest BCUT2D eigenvalue weighted by molar-refractivity contribution is -0.138. The number of nitrogens with zero attached hydrogens (tertiary/aromatic N) is 1. The smallest absolute Gasteiger partial charge is 0.293 e. The maximum absolute atomic E-state index is 12.1. The highest BCUT2D eigenvalue weighted by Crippen LogP contribution is 2.19. The summed E-state index contributed by atoms with van der Waals surface area (Å²) in [5.41, 5.74) is 2.13. The molecular formula is C22H29N3O4. The van der Waals surface area contributed by atoms with E-state index in [0.29, 0.717) is 12.0 Å². The van der Waals surface area contributed by atoms with Crippen LogP contribution < -0.4 is 15.5 Å². The zero-order valence-corrected chi connectivity index (χ0v) is 17.1. The van der Waals surface area contributed by atoms with Gasteiger partial charge in [-0.15, -0.1) is 0 Å². The van der Waals surface area contributed by atoms with E-state index in [4.69, 9.17) is 0 Å². The van der Waals surface area contributed by atoms with Crippen molar-refractivity contribution < 1.29 is 19.4 Å². The van der Waals surface area contributed by atoms with E-state index in [1.54, 1.807) is 12.1 Å². The Kier molecular flexibility index (Phi) is 8.03. The molecule has 7 nitrogen and oxygen atoms in total. The second-order valence-electron chi connectivity index (χ2n) is 7.61. The van der Waals surface area contributed by atoms with Gasteiger partial charge >= 0.3 is 0 Å².